The van der Waals surface area contributed by atoms with Gasteiger partial charge in [-0.15, -0.1) is 0 Å². The maximum Gasteiger partial charge on any atom is 0.337 e. The number of hydrogen-bond donors (Lipinski definition) is 1. The SMILES string of the molecule is O=C(O)c1cnc(SC2CCCC2)c([N+](=O)[O-])c1. The lowest BCUT2D eigenvalue weighted by atomic mass is 10.3. The van der Waals surface area contributed by atoms with Crippen LogP contribution >= 0.6 is 11.8 Å². The van der Waals surface area contributed by atoms with Crippen LogP contribution in [0.5, 0.6) is 0 Å². The quantitative estimate of drug-likeness (QED) is 0.666. The normalized spacial score (nSPS) is 15.8. The monoisotopic (exact) mass is 268 g/mol. The first kappa shape index (κ1) is 12.8. The van der Waals surface area contributed by atoms with Crippen molar-refractivity contribution in [3.8, 4) is 0 Å². The van der Waals surface area contributed by atoms with E-state index >= 15 is 0 Å². The van der Waals surface area contributed by atoms with Crippen LogP contribution in [-0.4, -0.2) is 26.2 Å². The Labute approximate surface area is 108 Å². The van der Waals surface area contributed by atoms with Crippen molar-refractivity contribution < 1.29 is 14.8 Å². The third kappa shape index (κ3) is 2.79. The molecule has 1 aromatic rings. The lowest BCUT2D eigenvalue weighted by molar-refractivity contribution is -0.388. The lowest BCUT2D eigenvalue weighted by Crippen LogP contribution is -2.03. The maximum atomic E-state index is 10.9. The molecule has 1 heterocycles. The van der Waals surface area contributed by atoms with Gasteiger partial charge in [0, 0.05) is 17.5 Å². The standard InChI is InChI=1S/C11H12N2O4S/c14-11(15)7-5-9(13(16)17)10(12-6-7)18-8-3-1-2-4-8/h5-6,8H,1-4H2,(H,14,15). The summed E-state index contributed by atoms with van der Waals surface area (Å²) >= 11 is 1.38. The zero-order valence-corrected chi connectivity index (χ0v) is 10.4. The molecule has 0 unspecified atom stereocenters. The van der Waals surface area contributed by atoms with Crippen LogP contribution in [0, 0.1) is 10.1 Å². The first-order chi connectivity index (χ1) is 8.58. The second-order valence-electron chi connectivity index (χ2n) is 4.13. The van der Waals surface area contributed by atoms with Gasteiger partial charge in [0.05, 0.1) is 10.5 Å². The van der Waals surface area contributed by atoms with E-state index in [1.165, 1.54) is 18.0 Å². The van der Waals surface area contributed by atoms with Gasteiger partial charge in [-0.1, -0.05) is 24.6 Å². The van der Waals surface area contributed by atoms with Gasteiger partial charge >= 0.3 is 11.7 Å². The van der Waals surface area contributed by atoms with Gasteiger partial charge in [-0.05, 0) is 12.8 Å². The van der Waals surface area contributed by atoms with E-state index in [4.69, 9.17) is 5.11 Å². The van der Waals surface area contributed by atoms with Gasteiger partial charge in [0.2, 0.25) is 0 Å². The fourth-order valence-corrected chi connectivity index (χ4v) is 3.20. The van der Waals surface area contributed by atoms with Crippen molar-refractivity contribution in [1.82, 2.24) is 4.98 Å². The molecule has 1 N–H and O–H groups in total. The number of pyridine rings is 1. The van der Waals surface area contributed by atoms with Gasteiger partial charge in [-0.25, -0.2) is 9.78 Å². The largest absolute Gasteiger partial charge is 0.478 e. The van der Waals surface area contributed by atoms with Crippen molar-refractivity contribution in [1.29, 1.82) is 0 Å². The number of hydrogen-bond acceptors (Lipinski definition) is 5. The van der Waals surface area contributed by atoms with Gasteiger partial charge < -0.3 is 5.11 Å². The molecule has 18 heavy (non-hydrogen) atoms. The number of carbonyl (C=O) groups is 1. The second kappa shape index (κ2) is 5.34. The highest BCUT2D eigenvalue weighted by atomic mass is 32.2. The highest BCUT2D eigenvalue weighted by Gasteiger charge is 2.24. The van der Waals surface area contributed by atoms with Crippen molar-refractivity contribution in [3.63, 3.8) is 0 Å². The molecule has 0 amide bonds. The van der Waals surface area contributed by atoms with Gasteiger partial charge in [-0.2, -0.15) is 0 Å². The van der Waals surface area contributed by atoms with E-state index in [0.717, 1.165) is 31.7 Å². The molecule has 0 aromatic carbocycles. The molecule has 1 saturated carbocycles. The highest BCUT2D eigenvalue weighted by Crippen LogP contribution is 2.37. The van der Waals surface area contributed by atoms with Crippen molar-refractivity contribution >= 4 is 23.4 Å². The van der Waals surface area contributed by atoms with Crippen LogP contribution in [0.3, 0.4) is 0 Å². The molecular formula is C11H12N2O4S. The molecule has 0 saturated heterocycles. The third-order valence-electron chi connectivity index (χ3n) is 2.86. The van der Waals surface area contributed by atoms with Crippen LogP contribution in [-0.2, 0) is 0 Å². The number of rotatable bonds is 4. The summed E-state index contributed by atoms with van der Waals surface area (Å²) in [5.41, 5.74) is -0.371. The van der Waals surface area contributed by atoms with E-state index in [1.54, 1.807) is 0 Å². The van der Waals surface area contributed by atoms with Crippen molar-refractivity contribution in [2.75, 3.05) is 0 Å². The summed E-state index contributed by atoms with van der Waals surface area (Å²) in [5, 5.41) is 20.4. The maximum absolute atomic E-state index is 10.9. The zero-order valence-electron chi connectivity index (χ0n) is 9.54. The fraction of sp³-hybridized carbons (Fsp3) is 0.455. The van der Waals surface area contributed by atoms with E-state index in [9.17, 15) is 14.9 Å². The second-order valence-corrected chi connectivity index (χ2v) is 5.42. The summed E-state index contributed by atoms with van der Waals surface area (Å²) < 4.78 is 0. The number of aromatic carboxylic acids is 1. The molecule has 1 aromatic heterocycles. The first-order valence-corrected chi connectivity index (χ1v) is 6.50. The number of thioether (sulfide) groups is 1. The molecule has 1 aliphatic rings. The van der Waals surface area contributed by atoms with Crippen LogP contribution < -0.4 is 0 Å². The average Bonchev–Trinajstić information content (AvgIpc) is 2.81. The number of nitrogens with zero attached hydrogens (tertiary/aromatic N) is 2. The van der Waals surface area contributed by atoms with Crippen molar-refractivity contribution in [2.24, 2.45) is 0 Å². The predicted octanol–water partition coefficient (Wildman–Crippen LogP) is 2.72. The van der Waals surface area contributed by atoms with Crippen LogP contribution in [0.25, 0.3) is 0 Å². The Morgan fingerprint density at radius 1 is 1.50 bits per heavy atom. The minimum Gasteiger partial charge on any atom is -0.478 e. The Morgan fingerprint density at radius 3 is 2.72 bits per heavy atom. The minimum atomic E-state index is -1.21. The Bertz CT molecular complexity index is 486. The van der Waals surface area contributed by atoms with E-state index in [-0.39, 0.29) is 11.3 Å². The van der Waals surface area contributed by atoms with E-state index in [0.29, 0.717) is 10.3 Å². The van der Waals surface area contributed by atoms with Crippen molar-refractivity contribution in [2.45, 2.75) is 36.0 Å². The molecule has 6 nitrogen and oxygen atoms in total. The number of carboxylic acids is 1. The Kier molecular flexibility index (Phi) is 3.81. The molecular weight excluding hydrogens is 256 g/mol. The summed E-state index contributed by atoms with van der Waals surface area (Å²) in [5.74, 6) is -1.21. The summed E-state index contributed by atoms with van der Waals surface area (Å²) in [6.45, 7) is 0. The average molecular weight is 268 g/mol. The molecule has 2 rings (SSSR count). The summed E-state index contributed by atoms with van der Waals surface area (Å²) in [7, 11) is 0. The number of nitro groups is 1. The smallest absolute Gasteiger partial charge is 0.337 e. The molecule has 96 valence electrons. The minimum absolute atomic E-state index is 0.155. The lowest BCUT2D eigenvalue weighted by Gasteiger charge is -2.08. The summed E-state index contributed by atoms with van der Waals surface area (Å²) in [6.07, 6.45) is 5.51. The molecule has 7 heteroatoms. The topological polar surface area (TPSA) is 93.3 Å². The van der Waals surface area contributed by atoms with Gasteiger partial charge in [-0.3, -0.25) is 10.1 Å². The molecule has 1 fully saturated rings. The van der Waals surface area contributed by atoms with E-state index < -0.39 is 10.9 Å². The zero-order chi connectivity index (χ0) is 13.1. The Balaban J connectivity index is 2.28. The molecule has 1 aliphatic carbocycles. The van der Waals surface area contributed by atoms with Crippen LogP contribution in [0.4, 0.5) is 5.69 Å². The third-order valence-corrected chi connectivity index (χ3v) is 4.20. The summed E-state index contributed by atoms with van der Waals surface area (Å²) in [6, 6.07) is 1.08. The molecule has 0 radical (unpaired) electrons. The number of aromatic nitrogens is 1. The molecule has 0 spiro atoms. The Hall–Kier alpha value is -1.63. The Morgan fingerprint density at radius 2 is 2.17 bits per heavy atom. The first-order valence-electron chi connectivity index (χ1n) is 5.62. The molecule has 0 bridgehead atoms. The highest BCUT2D eigenvalue weighted by molar-refractivity contribution is 8.00. The van der Waals surface area contributed by atoms with Gasteiger partial charge in [0.15, 0.2) is 5.03 Å². The molecule has 0 atom stereocenters. The van der Waals surface area contributed by atoms with Gasteiger partial charge in [0.25, 0.3) is 0 Å². The van der Waals surface area contributed by atoms with Crippen LogP contribution in [0.15, 0.2) is 17.3 Å². The fourth-order valence-electron chi connectivity index (χ4n) is 1.94. The van der Waals surface area contributed by atoms with Crippen molar-refractivity contribution in [3.05, 3.63) is 27.9 Å². The van der Waals surface area contributed by atoms with E-state index in [2.05, 4.69) is 4.98 Å². The number of carboxylic acid groups (broad SMARTS) is 1. The van der Waals surface area contributed by atoms with Crippen LogP contribution in [0.2, 0.25) is 0 Å². The van der Waals surface area contributed by atoms with Gasteiger partial charge in [0.1, 0.15) is 0 Å². The van der Waals surface area contributed by atoms with E-state index in [1.807, 2.05) is 0 Å². The summed E-state index contributed by atoms with van der Waals surface area (Å²) in [4.78, 5) is 25.0. The molecule has 0 aliphatic heterocycles. The predicted molar refractivity (Wildman–Crippen MR) is 66.0 cm³/mol. The van der Waals surface area contributed by atoms with Crippen LogP contribution in [0.1, 0.15) is 36.0 Å².